The van der Waals surface area contributed by atoms with Crippen molar-refractivity contribution >= 4 is 5.69 Å². The molecule has 19 heavy (non-hydrogen) atoms. The van der Waals surface area contributed by atoms with Gasteiger partial charge in [0.05, 0.1) is 5.92 Å². The fourth-order valence-electron chi connectivity index (χ4n) is 2.51. The molecular formula is C14H19F3N2. The molecule has 106 valence electrons. The second-order valence-corrected chi connectivity index (χ2v) is 5.31. The molecule has 1 saturated heterocycles. The van der Waals surface area contributed by atoms with Crippen molar-refractivity contribution in [1.29, 1.82) is 0 Å². The normalized spacial score (nSPS) is 21.6. The van der Waals surface area contributed by atoms with Crippen LogP contribution in [0.3, 0.4) is 0 Å². The zero-order valence-electron chi connectivity index (χ0n) is 11.0. The van der Waals surface area contributed by atoms with Gasteiger partial charge in [-0.1, -0.05) is 12.1 Å². The van der Waals surface area contributed by atoms with Gasteiger partial charge in [-0.2, -0.15) is 13.2 Å². The van der Waals surface area contributed by atoms with E-state index in [0.29, 0.717) is 18.7 Å². The Labute approximate surface area is 111 Å². The van der Waals surface area contributed by atoms with Crippen molar-refractivity contribution in [3.8, 4) is 0 Å². The van der Waals surface area contributed by atoms with Gasteiger partial charge in [-0.25, -0.2) is 0 Å². The molecule has 1 aliphatic heterocycles. The number of piperidine rings is 1. The maximum absolute atomic E-state index is 12.7. The maximum Gasteiger partial charge on any atom is 0.393 e. The van der Waals surface area contributed by atoms with Gasteiger partial charge in [0.2, 0.25) is 0 Å². The summed E-state index contributed by atoms with van der Waals surface area (Å²) in [6.07, 6.45) is -3.23. The minimum absolute atomic E-state index is 0.0945. The third kappa shape index (κ3) is 3.62. The predicted octanol–water partition coefficient (Wildman–Crippen LogP) is 3.35. The first kappa shape index (κ1) is 14.2. The van der Waals surface area contributed by atoms with E-state index in [1.165, 1.54) is 0 Å². The van der Waals surface area contributed by atoms with Gasteiger partial charge in [0.25, 0.3) is 0 Å². The van der Waals surface area contributed by atoms with Crippen LogP contribution >= 0.6 is 0 Å². The summed E-state index contributed by atoms with van der Waals surface area (Å²) in [6.45, 7) is 3.27. The number of likely N-dealkylation sites (tertiary alicyclic amines) is 1. The molecule has 1 fully saturated rings. The number of rotatable bonds is 2. The summed E-state index contributed by atoms with van der Waals surface area (Å²) in [5, 5.41) is 0. The van der Waals surface area contributed by atoms with Gasteiger partial charge in [-0.15, -0.1) is 0 Å². The molecule has 2 nitrogen and oxygen atoms in total. The average Bonchev–Trinajstić information content (AvgIpc) is 2.33. The monoisotopic (exact) mass is 272 g/mol. The molecule has 1 aromatic carbocycles. The Kier molecular flexibility index (Phi) is 4.04. The van der Waals surface area contributed by atoms with E-state index in [-0.39, 0.29) is 13.0 Å². The molecule has 0 aliphatic carbocycles. The number of alkyl halides is 3. The standard InChI is InChI=1S/C14H19F3N2/c1-10-4-5-11(7-13(10)18)8-19-6-2-3-12(9-19)14(15,16)17/h4-5,7,12H,2-3,6,8-9,18H2,1H3. The summed E-state index contributed by atoms with van der Waals surface area (Å²) in [6, 6.07) is 5.70. The molecule has 2 N–H and O–H groups in total. The van der Waals surface area contributed by atoms with Gasteiger partial charge in [-0.3, -0.25) is 4.90 Å². The van der Waals surface area contributed by atoms with Gasteiger partial charge in [0.15, 0.2) is 0 Å². The molecule has 0 aromatic heterocycles. The van der Waals surface area contributed by atoms with Crippen LogP contribution in [0.2, 0.25) is 0 Å². The van der Waals surface area contributed by atoms with Crippen molar-refractivity contribution in [2.45, 2.75) is 32.5 Å². The van der Waals surface area contributed by atoms with Crippen LogP contribution in [0.25, 0.3) is 0 Å². The molecule has 1 unspecified atom stereocenters. The molecular weight excluding hydrogens is 253 g/mol. The average molecular weight is 272 g/mol. The maximum atomic E-state index is 12.7. The molecule has 1 aromatic rings. The minimum atomic E-state index is -4.08. The van der Waals surface area contributed by atoms with E-state index < -0.39 is 12.1 Å². The van der Waals surface area contributed by atoms with E-state index in [0.717, 1.165) is 17.7 Å². The van der Waals surface area contributed by atoms with Gasteiger partial charge >= 0.3 is 6.18 Å². The summed E-state index contributed by atoms with van der Waals surface area (Å²) < 4.78 is 38.2. The predicted molar refractivity (Wildman–Crippen MR) is 69.6 cm³/mol. The third-order valence-electron chi connectivity index (χ3n) is 3.72. The van der Waals surface area contributed by atoms with Crippen LogP contribution < -0.4 is 5.73 Å². The van der Waals surface area contributed by atoms with Gasteiger partial charge in [-0.05, 0) is 43.5 Å². The molecule has 0 saturated carbocycles. The van der Waals surface area contributed by atoms with Crippen LogP contribution in [0, 0.1) is 12.8 Å². The summed E-state index contributed by atoms with van der Waals surface area (Å²) >= 11 is 0. The number of hydrogen-bond donors (Lipinski definition) is 1. The first-order valence-electron chi connectivity index (χ1n) is 6.50. The van der Waals surface area contributed by atoms with Crippen molar-refractivity contribution in [1.82, 2.24) is 4.90 Å². The van der Waals surface area contributed by atoms with Crippen LogP contribution in [0.4, 0.5) is 18.9 Å². The Morgan fingerprint density at radius 3 is 2.74 bits per heavy atom. The summed E-state index contributed by atoms with van der Waals surface area (Å²) in [4.78, 5) is 1.87. The molecule has 1 aliphatic rings. The summed E-state index contributed by atoms with van der Waals surface area (Å²) in [5.74, 6) is -1.19. The van der Waals surface area contributed by atoms with Crippen molar-refractivity contribution in [3.63, 3.8) is 0 Å². The van der Waals surface area contributed by atoms with Gasteiger partial charge in [0.1, 0.15) is 0 Å². The lowest BCUT2D eigenvalue weighted by molar-refractivity contribution is -0.187. The van der Waals surface area contributed by atoms with Crippen LogP contribution in [0.1, 0.15) is 24.0 Å². The van der Waals surface area contributed by atoms with Gasteiger partial charge in [0, 0.05) is 18.8 Å². The zero-order chi connectivity index (χ0) is 14.0. The molecule has 0 amide bonds. The Balaban J connectivity index is 2.00. The smallest absolute Gasteiger partial charge is 0.393 e. The largest absolute Gasteiger partial charge is 0.399 e. The molecule has 1 heterocycles. The zero-order valence-corrected chi connectivity index (χ0v) is 11.0. The number of hydrogen-bond acceptors (Lipinski definition) is 2. The minimum Gasteiger partial charge on any atom is -0.399 e. The highest BCUT2D eigenvalue weighted by atomic mass is 19.4. The highest BCUT2D eigenvalue weighted by Gasteiger charge is 2.41. The molecule has 5 heteroatoms. The van der Waals surface area contributed by atoms with Crippen LogP contribution in [-0.4, -0.2) is 24.2 Å². The lowest BCUT2D eigenvalue weighted by atomic mass is 9.97. The second kappa shape index (κ2) is 5.41. The number of benzene rings is 1. The molecule has 2 rings (SSSR count). The highest BCUT2D eigenvalue weighted by molar-refractivity contribution is 5.48. The first-order valence-corrected chi connectivity index (χ1v) is 6.50. The van der Waals surface area contributed by atoms with Crippen molar-refractivity contribution in [2.24, 2.45) is 5.92 Å². The fourth-order valence-corrected chi connectivity index (χ4v) is 2.51. The lowest BCUT2D eigenvalue weighted by Crippen LogP contribution is -2.41. The Bertz CT molecular complexity index is 443. The van der Waals surface area contributed by atoms with Gasteiger partial charge < -0.3 is 5.73 Å². The number of nitrogens with two attached hydrogens (primary N) is 1. The highest BCUT2D eigenvalue weighted by Crippen LogP contribution is 2.33. The lowest BCUT2D eigenvalue weighted by Gasteiger charge is -2.33. The summed E-state index contributed by atoms with van der Waals surface area (Å²) in [5.41, 5.74) is 8.49. The van der Waals surface area contributed by atoms with Crippen molar-refractivity contribution in [3.05, 3.63) is 29.3 Å². The topological polar surface area (TPSA) is 29.3 Å². The van der Waals surface area contributed by atoms with E-state index in [1.807, 2.05) is 30.0 Å². The molecule has 0 radical (unpaired) electrons. The number of halogens is 3. The van der Waals surface area contributed by atoms with E-state index >= 15 is 0 Å². The number of nitrogen functional groups attached to an aromatic ring is 1. The Hall–Kier alpha value is -1.23. The van der Waals surface area contributed by atoms with Crippen LogP contribution in [-0.2, 0) is 6.54 Å². The Morgan fingerprint density at radius 1 is 1.37 bits per heavy atom. The molecule has 0 spiro atoms. The number of nitrogens with zero attached hydrogens (tertiary/aromatic N) is 1. The number of aryl methyl sites for hydroxylation is 1. The molecule has 1 atom stereocenters. The van der Waals surface area contributed by atoms with Crippen molar-refractivity contribution in [2.75, 3.05) is 18.8 Å². The van der Waals surface area contributed by atoms with Crippen LogP contribution in [0.5, 0.6) is 0 Å². The van der Waals surface area contributed by atoms with Crippen molar-refractivity contribution < 1.29 is 13.2 Å². The second-order valence-electron chi connectivity index (χ2n) is 5.31. The quantitative estimate of drug-likeness (QED) is 0.837. The third-order valence-corrected chi connectivity index (χ3v) is 3.72. The van der Waals surface area contributed by atoms with E-state index in [9.17, 15) is 13.2 Å². The fraction of sp³-hybridized carbons (Fsp3) is 0.571. The number of anilines is 1. The summed E-state index contributed by atoms with van der Waals surface area (Å²) in [7, 11) is 0. The van der Waals surface area contributed by atoms with E-state index in [2.05, 4.69) is 0 Å². The first-order chi connectivity index (χ1) is 8.86. The van der Waals surface area contributed by atoms with E-state index in [1.54, 1.807) is 0 Å². The SMILES string of the molecule is Cc1ccc(CN2CCCC(C(F)(F)F)C2)cc1N. The Morgan fingerprint density at radius 2 is 2.11 bits per heavy atom. The van der Waals surface area contributed by atoms with E-state index in [4.69, 9.17) is 5.73 Å². The van der Waals surface area contributed by atoms with Crippen LogP contribution in [0.15, 0.2) is 18.2 Å². The molecule has 0 bridgehead atoms.